The van der Waals surface area contributed by atoms with Gasteiger partial charge in [-0.25, -0.2) is 4.79 Å². The number of carbonyl (C=O) groups excluding carboxylic acids is 2. The molecule has 7 nitrogen and oxygen atoms in total. The van der Waals surface area contributed by atoms with Crippen LogP contribution in [0.15, 0.2) is 48.5 Å². The van der Waals surface area contributed by atoms with Crippen LogP contribution < -0.4 is 10.2 Å². The number of esters is 1. The van der Waals surface area contributed by atoms with E-state index in [9.17, 15) is 9.59 Å². The molecule has 148 valence electrons. The van der Waals surface area contributed by atoms with Crippen molar-refractivity contribution >= 4 is 23.3 Å². The number of amides is 1. The lowest BCUT2D eigenvalue weighted by Gasteiger charge is -2.28. The lowest BCUT2D eigenvalue weighted by atomic mass is 10.1. The highest BCUT2D eigenvalue weighted by Crippen LogP contribution is 2.19. The lowest BCUT2D eigenvalue weighted by Crippen LogP contribution is -2.36. The van der Waals surface area contributed by atoms with Crippen LogP contribution in [-0.4, -0.2) is 51.9 Å². The van der Waals surface area contributed by atoms with Crippen LogP contribution in [0.25, 0.3) is 0 Å². The van der Waals surface area contributed by atoms with Crippen molar-refractivity contribution in [3.63, 3.8) is 0 Å². The monoisotopic (exact) mass is 384 g/mol. The lowest BCUT2D eigenvalue weighted by molar-refractivity contribution is -0.119. The fraction of sp³-hybridized carbons (Fsp3) is 0.333. The molecule has 0 bridgehead atoms. The Morgan fingerprint density at radius 2 is 1.86 bits per heavy atom. The van der Waals surface area contributed by atoms with E-state index in [2.05, 4.69) is 10.2 Å². The molecule has 28 heavy (non-hydrogen) atoms. The molecule has 0 radical (unpaired) electrons. The standard InChI is InChI=1S/C21H24N2O5/c1-26-14-16-3-2-4-17(13-16)21(25)28-15-20(24)22-18-5-7-19(8-6-18)23-9-11-27-12-10-23/h2-8,13H,9-12,14-15H2,1H3,(H,22,24). The van der Waals surface area contributed by atoms with Crippen molar-refractivity contribution in [2.24, 2.45) is 0 Å². The van der Waals surface area contributed by atoms with Gasteiger partial charge in [0.2, 0.25) is 0 Å². The Hall–Kier alpha value is -2.90. The van der Waals surface area contributed by atoms with Gasteiger partial charge in [0.25, 0.3) is 5.91 Å². The summed E-state index contributed by atoms with van der Waals surface area (Å²) < 4.78 is 15.5. The Kier molecular flexibility index (Phi) is 7.00. The Labute approximate surface area is 164 Å². The second-order valence-electron chi connectivity index (χ2n) is 6.40. The summed E-state index contributed by atoms with van der Waals surface area (Å²) in [6.07, 6.45) is 0. The number of nitrogens with one attached hydrogen (secondary N) is 1. The first kappa shape index (κ1) is 19.9. The highest BCUT2D eigenvalue weighted by Gasteiger charge is 2.13. The Morgan fingerprint density at radius 1 is 1.11 bits per heavy atom. The molecular weight excluding hydrogens is 360 g/mol. The molecule has 0 atom stereocenters. The fourth-order valence-electron chi connectivity index (χ4n) is 2.94. The fourth-order valence-corrected chi connectivity index (χ4v) is 2.94. The number of nitrogens with zero attached hydrogens (tertiary/aromatic N) is 1. The summed E-state index contributed by atoms with van der Waals surface area (Å²) in [5.74, 6) is -0.934. The number of hydrogen-bond acceptors (Lipinski definition) is 6. The van der Waals surface area contributed by atoms with Gasteiger partial charge in [0.15, 0.2) is 6.61 Å². The topological polar surface area (TPSA) is 77.1 Å². The normalized spacial score (nSPS) is 13.8. The molecule has 2 aromatic rings. The van der Waals surface area contributed by atoms with Gasteiger partial charge in [-0.3, -0.25) is 4.79 Å². The van der Waals surface area contributed by atoms with Gasteiger partial charge in [-0.05, 0) is 42.0 Å². The molecule has 0 aromatic heterocycles. The van der Waals surface area contributed by atoms with Crippen molar-refractivity contribution in [3.05, 3.63) is 59.7 Å². The van der Waals surface area contributed by atoms with Crippen molar-refractivity contribution in [3.8, 4) is 0 Å². The van der Waals surface area contributed by atoms with E-state index in [0.717, 1.165) is 37.6 Å². The average Bonchev–Trinajstić information content (AvgIpc) is 2.74. The third-order valence-electron chi connectivity index (χ3n) is 4.34. The van der Waals surface area contributed by atoms with Gasteiger partial charge in [0.1, 0.15) is 0 Å². The van der Waals surface area contributed by atoms with E-state index in [4.69, 9.17) is 14.2 Å². The molecule has 1 saturated heterocycles. The molecule has 7 heteroatoms. The van der Waals surface area contributed by atoms with Crippen LogP contribution in [0.1, 0.15) is 15.9 Å². The van der Waals surface area contributed by atoms with Gasteiger partial charge >= 0.3 is 5.97 Å². The van der Waals surface area contributed by atoms with Gasteiger partial charge in [0.05, 0.1) is 25.4 Å². The average molecular weight is 384 g/mol. The Balaban J connectivity index is 1.48. The predicted molar refractivity (Wildman–Crippen MR) is 106 cm³/mol. The van der Waals surface area contributed by atoms with Crippen molar-refractivity contribution in [2.45, 2.75) is 6.61 Å². The largest absolute Gasteiger partial charge is 0.452 e. The van der Waals surface area contributed by atoms with Crippen LogP contribution in [0.3, 0.4) is 0 Å². The number of morpholine rings is 1. The van der Waals surface area contributed by atoms with Gasteiger partial charge < -0.3 is 24.4 Å². The molecule has 1 heterocycles. The van der Waals surface area contributed by atoms with Gasteiger partial charge in [0, 0.05) is 31.6 Å². The molecule has 1 amide bonds. The van der Waals surface area contributed by atoms with Crippen molar-refractivity contribution < 1.29 is 23.8 Å². The highest BCUT2D eigenvalue weighted by molar-refractivity contribution is 5.95. The van der Waals surface area contributed by atoms with Crippen LogP contribution in [0.2, 0.25) is 0 Å². The number of ether oxygens (including phenoxy) is 3. The maximum Gasteiger partial charge on any atom is 0.338 e. The van der Waals surface area contributed by atoms with Crippen LogP contribution in [0.5, 0.6) is 0 Å². The van der Waals surface area contributed by atoms with Crippen LogP contribution in [-0.2, 0) is 25.6 Å². The van der Waals surface area contributed by atoms with Gasteiger partial charge in [-0.2, -0.15) is 0 Å². The number of anilines is 2. The zero-order valence-corrected chi connectivity index (χ0v) is 15.8. The first-order valence-corrected chi connectivity index (χ1v) is 9.13. The second kappa shape index (κ2) is 9.87. The number of rotatable bonds is 7. The van der Waals surface area contributed by atoms with Gasteiger partial charge in [-0.1, -0.05) is 12.1 Å². The molecule has 1 N–H and O–H groups in total. The summed E-state index contributed by atoms with van der Waals surface area (Å²) in [4.78, 5) is 26.4. The summed E-state index contributed by atoms with van der Waals surface area (Å²) in [7, 11) is 1.59. The first-order chi connectivity index (χ1) is 13.7. The third-order valence-corrected chi connectivity index (χ3v) is 4.34. The van der Waals surface area contributed by atoms with E-state index in [0.29, 0.717) is 17.9 Å². The van der Waals surface area contributed by atoms with Crippen LogP contribution in [0.4, 0.5) is 11.4 Å². The van der Waals surface area contributed by atoms with E-state index in [1.54, 1.807) is 25.3 Å². The van der Waals surface area contributed by atoms with Crippen molar-refractivity contribution in [1.82, 2.24) is 0 Å². The molecule has 0 saturated carbocycles. The maximum atomic E-state index is 12.1. The van der Waals surface area contributed by atoms with Crippen LogP contribution in [0, 0.1) is 0 Å². The predicted octanol–water partition coefficient (Wildman–Crippen LogP) is 2.47. The van der Waals surface area contributed by atoms with E-state index >= 15 is 0 Å². The van der Waals surface area contributed by atoms with E-state index < -0.39 is 5.97 Å². The Morgan fingerprint density at radius 3 is 2.57 bits per heavy atom. The van der Waals surface area contributed by atoms with E-state index in [1.165, 1.54) is 0 Å². The zero-order chi connectivity index (χ0) is 19.8. The third kappa shape index (κ3) is 5.55. The molecule has 0 spiro atoms. The van der Waals surface area contributed by atoms with Crippen LogP contribution >= 0.6 is 0 Å². The van der Waals surface area contributed by atoms with Gasteiger partial charge in [-0.15, -0.1) is 0 Å². The smallest absolute Gasteiger partial charge is 0.338 e. The SMILES string of the molecule is COCc1cccc(C(=O)OCC(=O)Nc2ccc(N3CCOCC3)cc2)c1. The summed E-state index contributed by atoms with van der Waals surface area (Å²) in [6.45, 7) is 3.21. The molecule has 1 fully saturated rings. The minimum Gasteiger partial charge on any atom is -0.452 e. The van der Waals surface area contributed by atoms with E-state index in [1.807, 2.05) is 30.3 Å². The minimum atomic E-state index is -0.546. The number of hydrogen-bond donors (Lipinski definition) is 1. The molecule has 1 aliphatic heterocycles. The molecule has 0 unspecified atom stereocenters. The first-order valence-electron chi connectivity index (χ1n) is 9.13. The highest BCUT2D eigenvalue weighted by atomic mass is 16.5. The van der Waals surface area contributed by atoms with Crippen molar-refractivity contribution in [2.75, 3.05) is 50.2 Å². The molecule has 1 aliphatic rings. The second-order valence-corrected chi connectivity index (χ2v) is 6.40. The zero-order valence-electron chi connectivity index (χ0n) is 15.8. The minimum absolute atomic E-state index is 0.349. The molecule has 2 aromatic carbocycles. The van der Waals surface area contributed by atoms with E-state index in [-0.39, 0.29) is 12.5 Å². The quantitative estimate of drug-likeness (QED) is 0.739. The Bertz CT molecular complexity index is 801. The summed E-state index contributed by atoms with van der Waals surface area (Å²) in [5, 5.41) is 2.73. The summed E-state index contributed by atoms with van der Waals surface area (Å²) in [6, 6.07) is 14.5. The summed E-state index contributed by atoms with van der Waals surface area (Å²) in [5.41, 5.74) is 2.99. The molecular formula is C21H24N2O5. The summed E-state index contributed by atoms with van der Waals surface area (Å²) >= 11 is 0. The molecule has 3 rings (SSSR count). The van der Waals surface area contributed by atoms with Crippen molar-refractivity contribution in [1.29, 1.82) is 0 Å². The maximum absolute atomic E-state index is 12.1. The number of carbonyl (C=O) groups is 2. The number of methoxy groups -OCH3 is 1. The molecule has 0 aliphatic carbocycles. The number of benzene rings is 2.